The standard InChI is InChI=1S/C13H17FN2O2/c1-10-11(14)3-2-4-12(10)15-13(17)9-16-5-7-18-8-6-16/h2-4H,5-9H2,1H3,(H,15,17). The molecule has 0 atom stereocenters. The number of morpholine rings is 1. The zero-order valence-electron chi connectivity index (χ0n) is 10.4. The Morgan fingerprint density at radius 2 is 2.17 bits per heavy atom. The number of nitrogens with one attached hydrogen (secondary N) is 1. The number of amides is 1. The Labute approximate surface area is 106 Å². The third-order valence-corrected chi connectivity index (χ3v) is 3.01. The summed E-state index contributed by atoms with van der Waals surface area (Å²) in [5, 5.41) is 2.74. The van der Waals surface area contributed by atoms with Gasteiger partial charge in [0.15, 0.2) is 0 Å². The van der Waals surface area contributed by atoms with Gasteiger partial charge < -0.3 is 10.1 Å². The Morgan fingerprint density at radius 3 is 2.89 bits per heavy atom. The summed E-state index contributed by atoms with van der Waals surface area (Å²) in [7, 11) is 0. The lowest BCUT2D eigenvalue weighted by atomic mass is 10.2. The number of halogens is 1. The molecule has 4 nitrogen and oxygen atoms in total. The predicted molar refractivity (Wildman–Crippen MR) is 67.0 cm³/mol. The van der Waals surface area contributed by atoms with Crippen molar-refractivity contribution < 1.29 is 13.9 Å². The fourth-order valence-electron chi connectivity index (χ4n) is 1.89. The molecule has 98 valence electrons. The highest BCUT2D eigenvalue weighted by Gasteiger charge is 2.15. The van der Waals surface area contributed by atoms with E-state index in [1.54, 1.807) is 19.1 Å². The molecule has 1 amide bonds. The van der Waals surface area contributed by atoms with Crippen molar-refractivity contribution in [2.75, 3.05) is 38.2 Å². The van der Waals surface area contributed by atoms with Crippen LogP contribution in [0.15, 0.2) is 18.2 Å². The second kappa shape index (κ2) is 5.93. The number of carbonyl (C=O) groups excluding carboxylic acids is 1. The predicted octanol–water partition coefficient (Wildman–Crippen LogP) is 1.40. The first-order chi connectivity index (χ1) is 8.66. The minimum atomic E-state index is -0.306. The van der Waals surface area contributed by atoms with Gasteiger partial charge in [0.1, 0.15) is 5.82 Å². The molecule has 0 spiro atoms. The van der Waals surface area contributed by atoms with Crippen molar-refractivity contribution in [3.05, 3.63) is 29.6 Å². The molecule has 5 heteroatoms. The van der Waals surface area contributed by atoms with E-state index >= 15 is 0 Å². The van der Waals surface area contributed by atoms with Gasteiger partial charge in [-0.1, -0.05) is 6.07 Å². The zero-order chi connectivity index (χ0) is 13.0. The van der Waals surface area contributed by atoms with Crippen molar-refractivity contribution in [2.45, 2.75) is 6.92 Å². The number of hydrogen-bond donors (Lipinski definition) is 1. The van der Waals surface area contributed by atoms with Gasteiger partial charge in [-0.15, -0.1) is 0 Å². The van der Waals surface area contributed by atoms with Crippen molar-refractivity contribution >= 4 is 11.6 Å². The van der Waals surface area contributed by atoms with Gasteiger partial charge in [0.2, 0.25) is 5.91 Å². The number of ether oxygens (including phenoxy) is 1. The molecule has 0 aliphatic carbocycles. The lowest BCUT2D eigenvalue weighted by molar-refractivity contribution is -0.118. The molecule has 0 bridgehead atoms. The second-order valence-corrected chi connectivity index (χ2v) is 4.35. The molecule has 1 aromatic rings. The van der Waals surface area contributed by atoms with Crippen LogP contribution < -0.4 is 5.32 Å². The highest BCUT2D eigenvalue weighted by Crippen LogP contribution is 2.17. The van der Waals surface area contributed by atoms with E-state index in [1.807, 2.05) is 4.90 Å². The molecule has 0 saturated carbocycles. The van der Waals surface area contributed by atoms with Gasteiger partial charge in [-0.2, -0.15) is 0 Å². The van der Waals surface area contributed by atoms with Gasteiger partial charge in [-0.3, -0.25) is 9.69 Å². The van der Waals surface area contributed by atoms with Crippen LogP contribution in [0.25, 0.3) is 0 Å². The van der Waals surface area contributed by atoms with Crippen molar-refractivity contribution in [3.63, 3.8) is 0 Å². The first-order valence-electron chi connectivity index (χ1n) is 6.02. The number of nitrogens with zero attached hydrogens (tertiary/aromatic N) is 1. The maximum Gasteiger partial charge on any atom is 0.238 e. The molecule has 1 saturated heterocycles. The van der Waals surface area contributed by atoms with E-state index in [-0.39, 0.29) is 11.7 Å². The summed E-state index contributed by atoms with van der Waals surface area (Å²) >= 11 is 0. The Morgan fingerprint density at radius 1 is 1.44 bits per heavy atom. The monoisotopic (exact) mass is 252 g/mol. The Kier molecular flexibility index (Phi) is 4.28. The molecule has 1 aromatic carbocycles. The van der Waals surface area contributed by atoms with Crippen LogP contribution in [0, 0.1) is 12.7 Å². The first kappa shape index (κ1) is 13.0. The quantitative estimate of drug-likeness (QED) is 0.884. The van der Waals surface area contributed by atoms with Gasteiger partial charge in [-0.25, -0.2) is 4.39 Å². The fraction of sp³-hybridized carbons (Fsp3) is 0.462. The van der Waals surface area contributed by atoms with E-state index in [0.717, 1.165) is 13.1 Å². The lowest BCUT2D eigenvalue weighted by Crippen LogP contribution is -2.41. The molecule has 1 aliphatic heterocycles. The highest BCUT2D eigenvalue weighted by atomic mass is 19.1. The largest absolute Gasteiger partial charge is 0.379 e. The Hall–Kier alpha value is -1.46. The topological polar surface area (TPSA) is 41.6 Å². The molecular formula is C13H17FN2O2. The van der Waals surface area contributed by atoms with Crippen LogP contribution in [-0.2, 0) is 9.53 Å². The summed E-state index contributed by atoms with van der Waals surface area (Å²) in [6.07, 6.45) is 0. The SMILES string of the molecule is Cc1c(F)cccc1NC(=O)CN1CCOCC1. The Balaban J connectivity index is 1.92. The molecule has 0 aromatic heterocycles. The summed E-state index contributed by atoms with van der Waals surface area (Å²) in [4.78, 5) is 13.8. The lowest BCUT2D eigenvalue weighted by Gasteiger charge is -2.25. The van der Waals surface area contributed by atoms with Crippen LogP contribution in [-0.4, -0.2) is 43.7 Å². The highest BCUT2D eigenvalue weighted by molar-refractivity contribution is 5.92. The van der Waals surface area contributed by atoms with Gasteiger partial charge in [0.05, 0.1) is 19.8 Å². The third-order valence-electron chi connectivity index (χ3n) is 3.01. The number of benzene rings is 1. The van der Waals surface area contributed by atoms with Crippen molar-refractivity contribution in [3.8, 4) is 0 Å². The van der Waals surface area contributed by atoms with E-state index in [0.29, 0.717) is 31.0 Å². The number of hydrogen-bond acceptors (Lipinski definition) is 3. The average Bonchev–Trinajstić information content (AvgIpc) is 2.36. The number of carbonyl (C=O) groups is 1. The first-order valence-corrected chi connectivity index (χ1v) is 6.02. The molecule has 0 radical (unpaired) electrons. The number of rotatable bonds is 3. The van der Waals surface area contributed by atoms with Crippen LogP contribution in [0.4, 0.5) is 10.1 Å². The van der Waals surface area contributed by atoms with E-state index < -0.39 is 0 Å². The summed E-state index contributed by atoms with van der Waals surface area (Å²) in [6, 6.07) is 4.68. The molecule has 1 aliphatic rings. The Bertz CT molecular complexity index is 431. The molecule has 2 rings (SSSR count). The average molecular weight is 252 g/mol. The van der Waals surface area contributed by atoms with Crippen molar-refractivity contribution in [2.24, 2.45) is 0 Å². The minimum absolute atomic E-state index is 0.120. The van der Waals surface area contributed by atoms with Gasteiger partial charge in [0.25, 0.3) is 0 Å². The number of anilines is 1. The molecule has 18 heavy (non-hydrogen) atoms. The normalized spacial score (nSPS) is 16.6. The molecule has 1 fully saturated rings. The summed E-state index contributed by atoms with van der Waals surface area (Å²) in [6.45, 7) is 4.81. The summed E-state index contributed by atoms with van der Waals surface area (Å²) < 4.78 is 18.5. The zero-order valence-corrected chi connectivity index (χ0v) is 10.4. The van der Waals surface area contributed by atoms with Gasteiger partial charge in [0, 0.05) is 24.3 Å². The smallest absolute Gasteiger partial charge is 0.238 e. The van der Waals surface area contributed by atoms with E-state index in [9.17, 15) is 9.18 Å². The molecular weight excluding hydrogens is 235 g/mol. The van der Waals surface area contributed by atoms with Crippen molar-refractivity contribution in [1.29, 1.82) is 0 Å². The second-order valence-electron chi connectivity index (χ2n) is 4.35. The maximum absolute atomic E-state index is 13.3. The van der Waals surface area contributed by atoms with Crippen LogP contribution in [0.1, 0.15) is 5.56 Å². The van der Waals surface area contributed by atoms with E-state index in [4.69, 9.17) is 4.74 Å². The van der Waals surface area contributed by atoms with Crippen molar-refractivity contribution in [1.82, 2.24) is 4.90 Å². The van der Waals surface area contributed by atoms with E-state index in [2.05, 4.69) is 5.32 Å². The molecule has 1 N–H and O–H groups in total. The van der Waals surface area contributed by atoms with Crippen LogP contribution in [0.5, 0.6) is 0 Å². The minimum Gasteiger partial charge on any atom is -0.379 e. The summed E-state index contributed by atoms with van der Waals surface area (Å²) in [5.41, 5.74) is 1.00. The van der Waals surface area contributed by atoms with Crippen LogP contribution >= 0.6 is 0 Å². The third kappa shape index (κ3) is 3.27. The molecule has 0 unspecified atom stereocenters. The fourth-order valence-corrected chi connectivity index (χ4v) is 1.89. The van der Waals surface area contributed by atoms with Gasteiger partial charge in [-0.05, 0) is 19.1 Å². The molecule has 1 heterocycles. The van der Waals surface area contributed by atoms with Gasteiger partial charge >= 0.3 is 0 Å². The van der Waals surface area contributed by atoms with E-state index in [1.165, 1.54) is 6.07 Å². The van der Waals surface area contributed by atoms with Crippen LogP contribution in [0.2, 0.25) is 0 Å². The summed E-state index contributed by atoms with van der Waals surface area (Å²) in [5.74, 6) is -0.426. The van der Waals surface area contributed by atoms with Crippen LogP contribution in [0.3, 0.4) is 0 Å². The maximum atomic E-state index is 13.3.